The third kappa shape index (κ3) is 5.62. The number of carbonyl (C=O) groups excluding carboxylic acids is 3. The van der Waals surface area contributed by atoms with E-state index < -0.39 is 11.9 Å². The van der Waals surface area contributed by atoms with Gasteiger partial charge in [-0.1, -0.05) is 6.07 Å². The maximum atomic E-state index is 12.9. The fourth-order valence-corrected chi connectivity index (χ4v) is 3.35. The van der Waals surface area contributed by atoms with E-state index in [1.54, 1.807) is 18.0 Å². The highest BCUT2D eigenvalue weighted by molar-refractivity contribution is 5.98. The average molecular weight is 412 g/mol. The van der Waals surface area contributed by atoms with Crippen molar-refractivity contribution in [2.75, 3.05) is 31.1 Å². The smallest absolute Gasteiger partial charge is 0.244 e. The first-order valence-corrected chi connectivity index (χ1v) is 9.97. The van der Waals surface area contributed by atoms with Crippen molar-refractivity contribution in [3.8, 4) is 0 Å². The maximum absolute atomic E-state index is 12.9. The van der Waals surface area contributed by atoms with Crippen LogP contribution >= 0.6 is 0 Å². The molecule has 0 spiro atoms. The van der Waals surface area contributed by atoms with E-state index >= 15 is 0 Å². The molecule has 1 N–H and O–H groups in total. The standard InChI is InChI=1S/C22H25FN4O3/c1-16(25-21(29)10-9-19(28)17-5-7-18(23)8-6-17)22(30)27-14-12-26(13-15-27)20-4-2-3-11-24-20/h2-8,11,16H,9-10,12-15H2,1H3,(H,25,29). The molecule has 3 rings (SSSR count). The van der Waals surface area contributed by atoms with Crippen LogP contribution in [0.15, 0.2) is 48.7 Å². The van der Waals surface area contributed by atoms with E-state index in [2.05, 4.69) is 15.2 Å². The van der Waals surface area contributed by atoms with Gasteiger partial charge in [0.2, 0.25) is 11.8 Å². The molecule has 30 heavy (non-hydrogen) atoms. The first kappa shape index (κ1) is 21.4. The zero-order valence-electron chi connectivity index (χ0n) is 16.9. The van der Waals surface area contributed by atoms with Gasteiger partial charge in [-0.15, -0.1) is 0 Å². The second-order valence-electron chi connectivity index (χ2n) is 7.22. The topological polar surface area (TPSA) is 82.6 Å². The van der Waals surface area contributed by atoms with Gasteiger partial charge in [-0.2, -0.15) is 0 Å². The van der Waals surface area contributed by atoms with Crippen LogP contribution in [0.4, 0.5) is 10.2 Å². The van der Waals surface area contributed by atoms with E-state index in [1.165, 1.54) is 24.3 Å². The molecule has 1 unspecified atom stereocenters. The lowest BCUT2D eigenvalue weighted by Gasteiger charge is -2.36. The third-order valence-electron chi connectivity index (χ3n) is 5.06. The predicted molar refractivity (Wildman–Crippen MR) is 111 cm³/mol. The number of aromatic nitrogens is 1. The summed E-state index contributed by atoms with van der Waals surface area (Å²) in [5.41, 5.74) is 0.360. The molecule has 0 aliphatic carbocycles. The number of carbonyl (C=O) groups is 3. The molecule has 7 nitrogen and oxygen atoms in total. The molecule has 2 aromatic rings. The van der Waals surface area contributed by atoms with E-state index in [4.69, 9.17) is 0 Å². The van der Waals surface area contributed by atoms with Crippen LogP contribution in [-0.4, -0.2) is 59.7 Å². The van der Waals surface area contributed by atoms with Crippen molar-refractivity contribution in [3.63, 3.8) is 0 Å². The number of hydrogen-bond acceptors (Lipinski definition) is 5. The lowest BCUT2D eigenvalue weighted by atomic mass is 10.1. The van der Waals surface area contributed by atoms with Gasteiger partial charge in [-0.3, -0.25) is 14.4 Å². The first-order valence-electron chi connectivity index (χ1n) is 9.97. The second-order valence-corrected chi connectivity index (χ2v) is 7.22. The Bertz CT molecular complexity index is 881. The lowest BCUT2D eigenvalue weighted by molar-refractivity contribution is -0.136. The molecule has 8 heteroatoms. The molecular formula is C22H25FN4O3. The average Bonchev–Trinajstić information content (AvgIpc) is 2.78. The molecule has 1 aromatic heterocycles. The Morgan fingerprint density at radius 1 is 1.03 bits per heavy atom. The summed E-state index contributed by atoms with van der Waals surface area (Å²) in [5, 5.41) is 2.67. The quantitative estimate of drug-likeness (QED) is 0.704. The minimum Gasteiger partial charge on any atom is -0.353 e. The Morgan fingerprint density at radius 2 is 1.73 bits per heavy atom. The number of amides is 2. The van der Waals surface area contributed by atoms with Gasteiger partial charge >= 0.3 is 0 Å². The largest absolute Gasteiger partial charge is 0.353 e. The number of Topliss-reactive ketones (excluding diaryl/α,β-unsaturated/α-hetero) is 1. The van der Waals surface area contributed by atoms with Crippen molar-refractivity contribution in [2.45, 2.75) is 25.8 Å². The van der Waals surface area contributed by atoms with Crippen LogP contribution in [0.25, 0.3) is 0 Å². The molecule has 1 aliphatic heterocycles. The van der Waals surface area contributed by atoms with E-state index in [1.807, 2.05) is 18.2 Å². The minimum absolute atomic E-state index is 0.00112. The van der Waals surface area contributed by atoms with Gasteiger partial charge in [0.25, 0.3) is 0 Å². The monoisotopic (exact) mass is 412 g/mol. The Hall–Kier alpha value is -3.29. The zero-order chi connectivity index (χ0) is 21.5. The van der Waals surface area contributed by atoms with Gasteiger partial charge in [0.15, 0.2) is 5.78 Å². The number of nitrogens with one attached hydrogen (secondary N) is 1. The van der Waals surface area contributed by atoms with Crippen LogP contribution in [0, 0.1) is 5.82 Å². The maximum Gasteiger partial charge on any atom is 0.244 e. The molecule has 1 fully saturated rings. The van der Waals surface area contributed by atoms with Crippen molar-refractivity contribution < 1.29 is 18.8 Å². The Morgan fingerprint density at radius 3 is 2.37 bits per heavy atom. The minimum atomic E-state index is -0.667. The van der Waals surface area contributed by atoms with Gasteiger partial charge in [0.1, 0.15) is 17.7 Å². The molecule has 2 heterocycles. The van der Waals surface area contributed by atoms with E-state index in [0.717, 1.165) is 5.82 Å². The number of ketones is 1. The summed E-state index contributed by atoms with van der Waals surface area (Å²) in [6.45, 7) is 4.11. The summed E-state index contributed by atoms with van der Waals surface area (Å²) in [4.78, 5) is 45.1. The number of pyridine rings is 1. The zero-order valence-corrected chi connectivity index (χ0v) is 16.9. The molecule has 2 amide bonds. The van der Waals surface area contributed by atoms with Crippen molar-refractivity contribution in [1.29, 1.82) is 0 Å². The van der Waals surface area contributed by atoms with E-state index in [9.17, 15) is 18.8 Å². The molecule has 1 saturated heterocycles. The molecule has 0 radical (unpaired) electrons. The number of halogens is 1. The van der Waals surface area contributed by atoms with Crippen molar-refractivity contribution >= 4 is 23.4 Å². The third-order valence-corrected chi connectivity index (χ3v) is 5.06. The highest BCUT2D eigenvalue weighted by atomic mass is 19.1. The Kier molecular flexibility index (Phi) is 7.11. The van der Waals surface area contributed by atoms with Crippen LogP contribution in [0.2, 0.25) is 0 Å². The van der Waals surface area contributed by atoms with Gasteiger partial charge in [0, 0.05) is 50.8 Å². The summed E-state index contributed by atoms with van der Waals surface area (Å²) in [7, 11) is 0. The van der Waals surface area contributed by atoms with Gasteiger partial charge in [0.05, 0.1) is 0 Å². The Labute approximate surface area is 174 Å². The van der Waals surface area contributed by atoms with Crippen LogP contribution in [0.1, 0.15) is 30.1 Å². The summed E-state index contributed by atoms with van der Waals surface area (Å²) in [6, 6.07) is 10.3. The number of piperazine rings is 1. The van der Waals surface area contributed by atoms with Gasteiger partial charge < -0.3 is 15.1 Å². The second kappa shape index (κ2) is 9.96. The summed E-state index contributed by atoms with van der Waals surface area (Å²) in [5.74, 6) is -0.281. The molecule has 158 valence electrons. The molecule has 0 bridgehead atoms. The van der Waals surface area contributed by atoms with Crippen LogP contribution in [-0.2, 0) is 9.59 Å². The van der Waals surface area contributed by atoms with E-state index in [0.29, 0.717) is 31.7 Å². The van der Waals surface area contributed by atoms with Crippen molar-refractivity contribution in [2.24, 2.45) is 0 Å². The van der Waals surface area contributed by atoms with Crippen LogP contribution < -0.4 is 10.2 Å². The van der Waals surface area contributed by atoms with Crippen LogP contribution in [0.5, 0.6) is 0 Å². The first-order chi connectivity index (χ1) is 14.4. The highest BCUT2D eigenvalue weighted by Gasteiger charge is 2.26. The summed E-state index contributed by atoms with van der Waals surface area (Å²) >= 11 is 0. The summed E-state index contributed by atoms with van der Waals surface area (Å²) in [6.07, 6.45) is 1.72. The lowest BCUT2D eigenvalue weighted by Crippen LogP contribution is -2.54. The number of hydrogen-bond donors (Lipinski definition) is 1. The fraction of sp³-hybridized carbons (Fsp3) is 0.364. The fourth-order valence-electron chi connectivity index (χ4n) is 3.35. The predicted octanol–water partition coefficient (Wildman–Crippen LogP) is 2.04. The molecule has 1 aromatic carbocycles. The molecule has 1 aliphatic rings. The van der Waals surface area contributed by atoms with Crippen molar-refractivity contribution in [3.05, 3.63) is 60.0 Å². The normalized spacial score (nSPS) is 14.9. The number of rotatable bonds is 7. The van der Waals surface area contributed by atoms with Crippen LogP contribution in [0.3, 0.4) is 0 Å². The van der Waals surface area contributed by atoms with E-state index in [-0.39, 0.29) is 30.4 Å². The SMILES string of the molecule is CC(NC(=O)CCC(=O)c1ccc(F)cc1)C(=O)N1CCN(c2ccccn2)CC1. The highest BCUT2D eigenvalue weighted by Crippen LogP contribution is 2.13. The summed E-state index contributed by atoms with van der Waals surface area (Å²) < 4.78 is 12.9. The Balaban J connectivity index is 1.42. The van der Waals surface area contributed by atoms with Crippen molar-refractivity contribution in [1.82, 2.24) is 15.2 Å². The number of benzene rings is 1. The molecule has 1 atom stereocenters. The van der Waals surface area contributed by atoms with Gasteiger partial charge in [-0.25, -0.2) is 9.37 Å². The number of anilines is 1. The molecular weight excluding hydrogens is 387 g/mol. The van der Waals surface area contributed by atoms with Gasteiger partial charge in [-0.05, 0) is 43.3 Å². The number of nitrogens with zero attached hydrogens (tertiary/aromatic N) is 3. The molecule has 0 saturated carbocycles.